The number of halogens is 2. The summed E-state index contributed by atoms with van der Waals surface area (Å²) < 4.78 is 12.7. The van der Waals surface area contributed by atoms with E-state index in [4.69, 9.17) is 23.1 Å². The Hall–Kier alpha value is -1.62. The predicted octanol–water partition coefficient (Wildman–Crippen LogP) is 1.09. The minimum absolute atomic E-state index is 0.0265. The number of guanidine groups is 1. The Morgan fingerprint density at radius 2 is 2.14 bits per heavy atom. The van der Waals surface area contributed by atoms with Gasteiger partial charge in [-0.2, -0.15) is 5.10 Å². The summed E-state index contributed by atoms with van der Waals surface area (Å²) in [6.45, 7) is 0. The van der Waals surface area contributed by atoms with Gasteiger partial charge in [0, 0.05) is 0 Å². The van der Waals surface area contributed by atoms with Crippen LogP contribution in [0.5, 0.6) is 0 Å². The SMILES string of the molecule is NC(N)=N/N=C/c1ccc(F)c(Cl)c1. The van der Waals surface area contributed by atoms with Crippen molar-refractivity contribution in [3.05, 3.63) is 34.6 Å². The molecule has 0 spiro atoms. The van der Waals surface area contributed by atoms with Gasteiger partial charge in [0.25, 0.3) is 0 Å². The van der Waals surface area contributed by atoms with Crippen LogP contribution in [0.4, 0.5) is 4.39 Å². The van der Waals surface area contributed by atoms with E-state index in [0.717, 1.165) is 0 Å². The van der Waals surface area contributed by atoms with Gasteiger partial charge in [-0.25, -0.2) is 4.39 Å². The molecule has 1 aromatic rings. The summed E-state index contributed by atoms with van der Waals surface area (Å²) in [6.07, 6.45) is 1.37. The van der Waals surface area contributed by atoms with Crippen LogP contribution in [0.2, 0.25) is 5.02 Å². The molecule has 14 heavy (non-hydrogen) atoms. The fourth-order valence-electron chi connectivity index (χ4n) is 0.755. The van der Waals surface area contributed by atoms with Crippen molar-refractivity contribution in [1.29, 1.82) is 0 Å². The second-order valence-electron chi connectivity index (χ2n) is 2.44. The van der Waals surface area contributed by atoms with E-state index >= 15 is 0 Å². The lowest BCUT2D eigenvalue weighted by molar-refractivity contribution is 0.628. The number of rotatable bonds is 2. The van der Waals surface area contributed by atoms with E-state index in [1.54, 1.807) is 0 Å². The molecule has 0 unspecified atom stereocenters. The highest BCUT2D eigenvalue weighted by Gasteiger charge is 1.98. The zero-order valence-electron chi connectivity index (χ0n) is 7.11. The number of benzene rings is 1. The van der Waals surface area contributed by atoms with Crippen LogP contribution in [0, 0.1) is 5.82 Å². The Bertz CT molecular complexity index is 385. The first-order chi connectivity index (χ1) is 6.59. The Morgan fingerprint density at radius 1 is 1.43 bits per heavy atom. The summed E-state index contributed by atoms with van der Waals surface area (Å²) >= 11 is 5.53. The molecule has 0 atom stereocenters. The molecule has 0 aliphatic heterocycles. The van der Waals surface area contributed by atoms with Crippen LogP contribution in [-0.2, 0) is 0 Å². The lowest BCUT2D eigenvalue weighted by atomic mass is 10.2. The largest absolute Gasteiger partial charge is 0.369 e. The van der Waals surface area contributed by atoms with Crippen LogP contribution in [-0.4, -0.2) is 12.2 Å². The van der Waals surface area contributed by atoms with Gasteiger partial charge in [-0.3, -0.25) is 0 Å². The third-order valence-electron chi connectivity index (χ3n) is 1.32. The van der Waals surface area contributed by atoms with Crippen molar-refractivity contribution in [3.8, 4) is 0 Å². The maximum Gasteiger partial charge on any atom is 0.211 e. The molecule has 0 saturated carbocycles. The van der Waals surface area contributed by atoms with Crippen LogP contribution < -0.4 is 11.5 Å². The molecule has 0 aliphatic carbocycles. The molecule has 4 nitrogen and oxygen atoms in total. The minimum Gasteiger partial charge on any atom is -0.369 e. The Labute approximate surface area is 85.1 Å². The molecule has 74 valence electrons. The van der Waals surface area contributed by atoms with Gasteiger partial charge in [0.05, 0.1) is 11.2 Å². The average molecular weight is 215 g/mol. The van der Waals surface area contributed by atoms with E-state index in [1.807, 2.05) is 0 Å². The fourth-order valence-corrected chi connectivity index (χ4v) is 0.944. The monoisotopic (exact) mass is 214 g/mol. The first-order valence-corrected chi connectivity index (χ1v) is 4.04. The van der Waals surface area contributed by atoms with Crippen LogP contribution in [0.25, 0.3) is 0 Å². The summed E-state index contributed by atoms with van der Waals surface area (Å²) in [4.78, 5) is 0. The quantitative estimate of drug-likeness (QED) is 0.439. The molecule has 0 saturated heterocycles. The Balaban J connectivity index is 2.83. The molecule has 0 radical (unpaired) electrons. The smallest absolute Gasteiger partial charge is 0.211 e. The lowest BCUT2D eigenvalue weighted by Crippen LogP contribution is -2.21. The van der Waals surface area contributed by atoms with Crippen molar-refractivity contribution in [1.82, 2.24) is 0 Å². The molecule has 1 aromatic carbocycles. The highest BCUT2D eigenvalue weighted by molar-refractivity contribution is 6.31. The first kappa shape index (κ1) is 10.5. The summed E-state index contributed by atoms with van der Waals surface area (Å²) in [5, 5.41) is 6.95. The van der Waals surface area contributed by atoms with Crippen LogP contribution >= 0.6 is 11.6 Å². The summed E-state index contributed by atoms with van der Waals surface area (Å²) in [5.74, 6) is -0.625. The van der Waals surface area contributed by atoms with Crippen molar-refractivity contribution in [3.63, 3.8) is 0 Å². The van der Waals surface area contributed by atoms with Gasteiger partial charge >= 0.3 is 0 Å². The lowest BCUT2D eigenvalue weighted by Gasteiger charge is -1.94. The number of nitrogens with two attached hydrogens (primary N) is 2. The number of hydrogen-bond donors (Lipinski definition) is 2. The van der Waals surface area contributed by atoms with Crippen LogP contribution in [0.1, 0.15) is 5.56 Å². The third kappa shape index (κ3) is 3.02. The van der Waals surface area contributed by atoms with Crippen LogP contribution in [0.3, 0.4) is 0 Å². The summed E-state index contributed by atoms with van der Waals surface area (Å²) in [7, 11) is 0. The highest BCUT2D eigenvalue weighted by Crippen LogP contribution is 2.14. The van der Waals surface area contributed by atoms with Crippen molar-refractivity contribution >= 4 is 23.8 Å². The van der Waals surface area contributed by atoms with Gasteiger partial charge in [0.1, 0.15) is 5.82 Å². The van der Waals surface area contributed by atoms with E-state index in [2.05, 4.69) is 10.2 Å². The molecule has 0 bridgehead atoms. The Morgan fingerprint density at radius 3 is 2.71 bits per heavy atom. The van der Waals surface area contributed by atoms with Gasteiger partial charge in [0.2, 0.25) is 5.96 Å². The Kier molecular flexibility index (Phi) is 3.41. The van der Waals surface area contributed by atoms with Gasteiger partial charge in [-0.05, 0) is 17.7 Å². The third-order valence-corrected chi connectivity index (χ3v) is 1.61. The summed E-state index contributed by atoms with van der Waals surface area (Å²) in [6, 6.07) is 4.16. The summed E-state index contributed by atoms with van der Waals surface area (Å²) in [5.41, 5.74) is 10.7. The maximum atomic E-state index is 12.7. The van der Waals surface area contributed by atoms with Gasteiger partial charge in [-0.1, -0.05) is 17.7 Å². The topological polar surface area (TPSA) is 76.8 Å². The van der Waals surface area contributed by atoms with Crippen molar-refractivity contribution in [2.75, 3.05) is 0 Å². The zero-order chi connectivity index (χ0) is 10.6. The number of nitrogens with zero attached hydrogens (tertiary/aromatic N) is 2. The van der Waals surface area contributed by atoms with Crippen molar-refractivity contribution in [2.45, 2.75) is 0 Å². The predicted molar refractivity (Wildman–Crippen MR) is 54.8 cm³/mol. The van der Waals surface area contributed by atoms with Crippen molar-refractivity contribution in [2.24, 2.45) is 21.7 Å². The molecule has 4 N–H and O–H groups in total. The molecule has 0 amide bonds. The molecule has 0 aromatic heterocycles. The van der Waals surface area contributed by atoms with Gasteiger partial charge in [-0.15, -0.1) is 5.10 Å². The second kappa shape index (κ2) is 4.57. The normalized spacial score (nSPS) is 10.4. The molecule has 6 heteroatoms. The van der Waals surface area contributed by atoms with E-state index in [-0.39, 0.29) is 11.0 Å². The molecule has 0 heterocycles. The average Bonchev–Trinajstić information content (AvgIpc) is 2.10. The maximum absolute atomic E-state index is 12.7. The molecular weight excluding hydrogens is 207 g/mol. The van der Waals surface area contributed by atoms with E-state index < -0.39 is 5.82 Å². The number of hydrogen-bond acceptors (Lipinski definition) is 2. The van der Waals surface area contributed by atoms with Gasteiger partial charge < -0.3 is 11.5 Å². The molecule has 0 fully saturated rings. The van der Waals surface area contributed by atoms with Crippen molar-refractivity contribution < 1.29 is 4.39 Å². The fraction of sp³-hybridized carbons (Fsp3) is 0. The molecular formula is C8H8ClFN4. The zero-order valence-corrected chi connectivity index (χ0v) is 7.87. The molecule has 0 aliphatic rings. The van der Waals surface area contributed by atoms with E-state index in [9.17, 15) is 4.39 Å². The van der Waals surface area contributed by atoms with Crippen LogP contribution in [0.15, 0.2) is 28.4 Å². The standard InChI is InChI=1S/C8H8ClFN4/c9-6-3-5(1-2-7(6)10)4-13-14-8(11)12/h1-4H,(H4,11,12,14)/b13-4+. The highest BCUT2D eigenvalue weighted by atomic mass is 35.5. The van der Waals surface area contributed by atoms with E-state index in [0.29, 0.717) is 5.56 Å². The molecule has 1 rings (SSSR count). The van der Waals surface area contributed by atoms with E-state index in [1.165, 1.54) is 24.4 Å². The second-order valence-corrected chi connectivity index (χ2v) is 2.85. The van der Waals surface area contributed by atoms with Gasteiger partial charge in [0.15, 0.2) is 0 Å². The first-order valence-electron chi connectivity index (χ1n) is 3.66. The minimum atomic E-state index is -0.481.